The molecule has 0 aromatic heterocycles. The fourth-order valence-electron chi connectivity index (χ4n) is 2.97. The SMILES string of the molecule is CN(CCN1CCOCC1)C(=O)Nc1cccc(OCC(=O)Nc2ccccc2)c1. The third-order valence-corrected chi connectivity index (χ3v) is 4.71. The van der Waals surface area contributed by atoms with Crippen molar-refractivity contribution in [2.24, 2.45) is 0 Å². The molecule has 8 nitrogen and oxygen atoms in total. The molecular formula is C22H28N4O4. The largest absolute Gasteiger partial charge is 0.484 e. The second-order valence-corrected chi connectivity index (χ2v) is 7.04. The van der Waals surface area contributed by atoms with E-state index in [4.69, 9.17) is 9.47 Å². The number of benzene rings is 2. The number of para-hydroxylation sites is 1. The van der Waals surface area contributed by atoms with Gasteiger partial charge in [0.25, 0.3) is 5.91 Å². The van der Waals surface area contributed by atoms with Crippen LogP contribution in [0.15, 0.2) is 54.6 Å². The van der Waals surface area contributed by atoms with E-state index in [0.29, 0.717) is 23.7 Å². The van der Waals surface area contributed by atoms with Crippen LogP contribution in [0.25, 0.3) is 0 Å². The van der Waals surface area contributed by atoms with Crippen LogP contribution in [0.3, 0.4) is 0 Å². The average molecular weight is 412 g/mol. The van der Waals surface area contributed by atoms with Crippen LogP contribution in [0.1, 0.15) is 0 Å². The van der Waals surface area contributed by atoms with Crippen LogP contribution in [-0.4, -0.2) is 74.8 Å². The molecule has 0 atom stereocenters. The summed E-state index contributed by atoms with van der Waals surface area (Å²) >= 11 is 0. The van der Waals surface area contributed by atoms with E-state index in [0.717, 1.165) is 32.8 Å². The Hall–Kier alpha value is -3.10. The highest BCUT2D eigenvalue weighted by molar-refractivity contribution is 5.92. The zero-order valence-electron chi connectivity index (χ0n) is 17.2. The zero-order valence-corrected chi connectivity index (χ0v) is 17.2. The van der Waals surface area contributed by atoms with E-state index in [9.17, 15) is 9.59 Å². The summed E-state index contributed by atoms with van der Waals surface area (Å²) in [5.74, 6) is 0.255. The number of rotatable bonds is 8. The molecular weight excluding hydrogens is 384 g/mol. The molecule has 1 saturated heterocycles. The molecule has 0 radical (unpaired) electrons. The van der Waals surface area contributed by atoms with Gasteiger partial charge in [0.15, 0.2) is 6.61 Å². The molecule has 0 saturated carbocycles. The van der Waals surface area contributed by atoms with E-state index >= 15 is 0 Å². The Morgan fingerprint density at radius 3 is 2.53 bits per heavy atom. The molecule has 0 aliphatic carbocycles. The first-order valence-electron chi connectivity index (χ1n) is 10.00. The van der Waals surface area contributed by atoms with E-state index in [1.807, 2.05) is 30.3 Å². The fourth-order valence-corrected chi connectivity index (χ4v) is 2.97. The van der Waals surface area contributed by atoms with Crippen LogP contribution >= 0.6 is 0 Å². The Labute approximate surface area is 176 Å². The Balaban J connectivity index is 1.43. The van der Waals surface area contributed by atoms with Gasteiger partial charge in [-0.25, -0.2) is 4.79 Å². The van der Waals surface area contributed by atoms with Gasteiger partial charge in [-0.2, -0.15) is 0 Å². The second kappa shape index (κ2) is 11.2. The maximum absolute atomic E-state index is 12.4. The van der Waals surface area contributed by atoms with Crippen LogP contribution in [0, 0.1) is 0 Å². The molecule has 2 N–H and O–H groups in total. The first-order valence-corrected chi connectivity index (χ1v) is 10.00. The molecule has 1 aliphatic rings. The van der Waals surface area contributed by atoms with Gasteiger partial charge in [0.05, 0.1) is 13.2 Å². The molecule has 30 heavy (non-hydrogen) atoms. The third kappa shape index (κ3) is 7.06. The van der Waals surface area contributed by atoms with Crippen LogP contribution < -0.4 is 15.4 Å². The lowest BCUT2D eigenvalue weighted by atomic mass is 10.3. The molecule has 2 aromatic carbocycles. The molecule has 160 valence electrons. The number of carbonyl (C=O) groups is 2. The molecule has 0 spiro atoms. The summed E-state index contributed by atoms with van der Waals surface area (Å²) < 4.78 is 10.9. The Kier molecular flexibility index (Phi) is 8.05. The van der Waals surface area contributed by atoms with Crippen LogP contribution in [0.5, 0.6) is 5.75 Å². The number of hydrogen-bond donors (Lipinski definition) is 2. The summed E-state index contributed by atoms with van der Waals surface area (Å²) in [6, 6.07) is 16.0. The number of nitrogens with zero attached hydrogens (tertiary/aromatic N) is 2. The highest BCUT2D eigenvalue weighted by Crippen LogP contribution is 2.18. The molecule has 0 unspecified atom stereocenters. The number of carbonyl (C=O) groups excluding carboxylic acids is 2. The van der Waals surface area contributed by atoms with E-state index in [2.05, 4.69) is 15.5 Å². The Bertz CT molecular complexity index is 825. The second-order valence-electron chi connectivity index (χ2n) is 7.04. The minimum absolute atomic E-state index is 0.119. The van der Waals surface area contributed by atoms with Crippen LogP contribution in [-0.2, 0) is 9.53 Å². The van der Waals surface area contributed by atoms with Gasteiger partial charge in [-0.15, -0.1) is 0 Å². The molecule has 0 bridgehead atoms. The topological polar surface area (TPSA) is 83.1 Å². The van der Waals surface area contributed by atoms with Crippen LogP contribution in [0.2, 0.25) is 0 Å². The predicted molar refractivity (Wildman–Crippen MR) is 116 cm³/mol. The molecule has 2 aromatic rings. The Morgan fingerprint density at radius 1 is 1.03 bits per heavy atom. The zero-order chi connectivity index (χ0) is 21.2. The number of hydrogen-bond acceptors (Lipinski definition) is 5. The van der Waals surface area contributed by atoms with Gasteiger partial charge in [-0.1, -0.05) is 24.3 Å². The van der Waals surface area contributed by atoms with E-state index in [1.165, 1.54) is 0 Å². The number of anilines is 2. The van der Waals surface area contributed by atoms with Crippen molar-refractivity contribution in [3.05, 3.63) is 54.6 Å². The minimum atomic E-state index is -0.251. The lowest BCUT2D eigenvalue weighted by Crippen LogP contribution is -2.42. The van der Waals surface area contributed by atoms with Crippen molar-refractivity contribution in [3.63, 3.8) is 0 Å². The quantitative estimate of drug-likeness (QED) is 0.696. The number of nitrogens with one attached hydrogen (secondary N) is 2. The summed E-state index contributed by atoms with van der Waals surface area (Å²) in [7, 11) is 1.77. The molecule has 3 amide bonds. The first-order chi connectivity index (χ1) is 14.6. The van der Waals surface area contributed by atoms with Crippen molar-refractivity contribution >= 4 is 23.3 Å². The first kappa shape index (κ1) is 21.6. The number of urea groups is 1. The van der Waals surface area contributed by atoms with Crippen molar-refractivity contribution in [1.82, 2.24) is 9.80 Å². The van der Waals surface area contributed by atoms with Crippen molar-refractivity contribution in [2.45, 2.75) is 0 Å². The lowest BCUT2D eigenvalue weighted by molar-refractivity contribution is -0.118. The summed E-state index contributed by atoms with van der Waals surface area (Å²) in [5.41, 5.74) is 1.33. The summed E-state index contributed by atoms with van der Waals surface area (Å²) in [6.07, 6.45) is 0. The summed E-state index contributed by atoms with van der Waals surface area (Å²) in [5, 5.41) is 5.62. The van der Waals surface area contributed by atoms with Gasteiger partial charge in [0, 0.05) is 50.7 Å². The van der Waals surface area contributed by atoms with Gasteiger partial charge in [0.1, 0.15) is 5.75 Å². The highest BCUT2D eigenvalue weighted by atomic mass is 16.5. The van der Waals surface area contributed by atoms with Gasteiger partial charge >= 0.3 is 6.03 Å². The molecule has 1 heterocycles. The van der Waals surface area contributed by atoms with Crippen molar-refractivity contribution in [2.75, 3.05) is 63.7 Å². The molecule has 8 heteroatoms. The number of amides is 3. The van der Waals surface area contributed by atoms with Gasteiger partial charge in [-0.05, 0) is 24.3 Å². The summed E-state index contributed by atoms with van der Waals surface area (Å²) in [4.78, 5) is 28.4. The average Bonchev–Trinajstić information content (AvgIpc) is 2.77. The smallest absolute Gasteiger partial charge is 0.321 e. The fraction of sp³-hybridized carbons (Fsp3) is 0.364. The van der Waals surface area contributed by atoms with Crippen LogP contribution in [0.4, 0.5) is 16.2 Å². The molecule has 1 fully saturated rings. The third-order valence-electron chi connectivity index (χ3n) is 4.71. The standard InChI is InChI=1S/C22H28N4O4/c1-25(10-11-26-12-14-29-15-13-26)22(28)24-19-8-5-9-20(16-19)30-17-21(27)23-18-6-3-2-4-7-18/h2-9,16H,10-15,17H2,1H3,(H,23,27)(H,24,28). The van der Waals surface area contributed by atoms with E-state index < -0.39 is 0 Å². The number of likely N-dealkylation sites (N-methyl/N-ethyl adjacent to an activating group) is 1. The highest BCUT2D eigenvalue weighted by Gasteiger charge is 2.14. The minimum Gasteiger partial charge on any atom is -0.484 e. The van der Waals surface area contributed by atoms with Gasteiger partial charge in [-0.3, -0.25) is 9.69 Å². The Morgan fingerprint density at radius 2 is 1.77 bits per heavy atom. The van der Waals surface area contributed by atoms with E-state index in [-0.39, 0.29) is 18.5 Å². The monoisotopic (exact) mass is 412 g/mol. The number of morpholine rings is 1. The molecule has 1 aliphatic heterocycles. The van der Waals surface area contributed by atoms with Gasteiger partial charge < -0.3 is 25.0 Å². The maximum atomic E-state index is 12.4. The van der Waals surface area contributed by atoms with Gasteiger partial charge in [0.2, 0.25) is 0 Å². The van der Waals surface area contributed by atoms with Crippen molar-refractivity contribution in [1.29, 1.82) is 0 Å². The van der Waals surface area contributed by atoms with Crippen molar-refractivity contribution in [3.8, 4) is 5.75 Å². The molecule has 3 rings (SSSR count). The predicted octanol–water partition coefficient (Wildman–Crippen LogP) is 2.50. The summed E-state index contributed by atoms with van der Waals surface area (Å²) in [6.45, 7) is 4.60. The lowest BCUT2D eigenvalue weighted by Gasteiger charge is -2.28. The normalized spacial score (nSPS) is 14.0. The van der Waals surface area contributed by atoms with Crippen molar-refractivity contribution < 1.29 is 19.1 Å². The maximum Gasteiger partial charge on any atom is 0.321 e. The number of ether oxygens (including phenoxy) is 2. The van der Waals surface area contributed by atoms with E-state index in [1.54, 1.807) is 36.2 Å².